The quantitative estimate of drug-likeness (QED) is 0.827. The molecule has 0 radical (unpaired) electrons. The predicted molar refractivity (Wildman–Crippen MR) is 75.7 cm³/mol. The van der Waals surface area contributed by atoms with Gasteiger partial charge in [-0.1, -0.05) is 6.92 Å². The summed E-state index contributed by atoms with van der Waals surface area (Å²) >= 11 is 0. The lowest BCUT2D eigenvalue weighted by Gasteiger charge is -2.33. The van der Waals surface area contributed by atoms with Crippen molar-refractivity contribution in [2.75, 3.05) is 50.5 Å². The number of nitrogens with zero attached hydrogens (tertiary/aromatic N) is 3. The number of hydrazine groups is 1. The molecule has 2 N–H and O–H groups in total. The van der Waals surface area contributed by atoms with Gasteiger partial charge >= 0.3 is 0 Å². The Morgan fingerprint density at radius 2 is 1.89 bits per heavy atom. The van der Waals surface area contributed by atoms with Crippen molar-refractivity contribution in [3.05, 3.63) is 18.5 Å². The van der Waals surface area contributed by atoms with Gasteiger partial charge in [-0.2, -0.15) is 0 Å². The second kappa shape index (κ2) is 6.56. The Labute approximate surface area is 109 Å². The first-order chi connectivity index (χ1) is 8.78. The molecule has 18 heavy (non-hydrogen) atoms. The topological polar surface area (TPSA) is 43.4 Å². The summed E-state index contributed by atoms with van der Waals surface area (Å²) < 4.78 is 0. The molecule has 2 rings (SSSR count). The molecule has 2 heterocycles. The fourth-order valence-electron chi connectivity index (χ4n) is 1.97. The molecule has 0 amide bonds. The molecule has 0 bridgehead atoms. The van der Waals surface area contributed by atoms with Crippen LogP contribution < -0.4 is 10.7 Å². The minimum absolute atomic E-state index is 0.986. The maximum absolute atomic E-state index is 4.26. The summed E-state index contributed by atoms with van der Waals surface area (Å²) in [5.74, 6) is 0. The van der Waals surface area contributed by atoms with Gasteiger partial charge in [0.2, 0.25) is 0 Å². The molecule has 1 aromatic rings. The Bertz CT molecular complexity index is 360. The highest BCUT2D eigenvalue weighted by Gasteiger charge is 2.13. The van der Waals surface area contributed by atoms with Crippen LogP contribution in [-0.2, 0) is 0 Å². The Morgan fingerprint density at radius 1 is 1.17 bits per heavy atom. The molecule has 0 aliphatic carbocycles. The molecule has 5 nitrogen and oxygen atoms in total. The molecule has 0 spiro atoms. The maximum Gasteiger partial charge on any atom is 0.0694 e. The van der Waals surface area contributed by atoms with Gasteiger partial charge in [0.15, 0.2) is 0 Å². The van der Waals surface area contributed by atoms with E-state index in [2.05, 4.69) is 45.7 Å². The Kier molecular flexibility index (Phi) is 4.78. The zero-order valence-corrected chi connectivity index (χ0v) is 11.3. The van der Waals surface area contributed by atoms with Crippen molar-refractivity contribution in [1.82, 2.24) is 14.9 Å². The zero-order chi connectivity index (χ0) is 12.8. The number of aromatic nitrogens is 1. The van der Waals surface area contributed by atoms with E-state index in [1.165, 1.54) is 0 Å². The van der Waals surface area contributed by atoms with Crippen LogP contribution in [0.1, 0.15) is 13.3 Å². The van der Waals surface area contributed by atoms with Crippen molar-refractivity contribution < 1.29 is 0 Å². The van der Waals surface area contributed by atoms with E-state index in [0.29, 0.717) is 0 Å². The summed E-state index contributed by atoms with van der Waals surface area (Å²) in [4.78, 5) is 6.60. The van der Waals surface area contributed by atoms with Crippen molar-refractivity contribution in [2.45, 2.75) is 13.3 Å². The SMILES string of the molecule is CCCNc1cncc(NN2CCN(C)CC2)c1. The van der Waals surface area contributed by atoms with Crippen LogP contribution in [0.2, 0.25) is 0 Å². The van der Waals surface area contributed by atoms with E-state index < -0.39 is 0 Å². The third kappa shape index (κ3) is 3.85. The summed E-state index contributed by atoms with van der Waals surface area (Å²) in [5, 5.41) is 5.60. The molecular weight excluding hydrogens is 226 g/mol. The van der Waals surface area contributed by atoms with Crippen LogP contribution in [0.3, 0.4) is 0 Å². The number of likely N-dealkylation sites (N-methyl/N-ethyl adjacent to an activating group) is 1. The lowest BCUT2D eigenvalue weighted by atomic mass is 10.3. The van der Waals surface area contributed by atoms with E-state index in [1.807, 2.05) is 12.4 Å². The summed E-state index contributed by atoms with van der Waals surface area (Å²) in [6.45, 7) is 7.45. The second-order valence-electron chi connectivity index (χ2n) is 4.79. The highest BCUT2D eigenvalue weighted by Crippen LogP contribution is 2.14. The molecule has 1 aliphatic heterocycles. The highest BCUT2D eigenvalue weighted by molar-refractivity contribution is 5.53. The molecule has 1 aromatic heterocycles. The second-order valence-corrected chi connectivity index (χ2v) is 4.79. The van der Waals surface area contributed by atoms with Gasteiger partial charge in [0.25, 0.3) is 0 Å². The lowest BCUT2D eigenvalue weighted by molar-refractivity contribution is 0.179. The van der Waals surface area contributed by atoms with Gasteiger partial charge < -0.3 is 15.6 Å². The summed E-state index contributed by atoms with van der Waals surface area (Å²) in [5.41, 5.74) is 5.56. The van der Waals surface area contributed by atoms with Gasteiger partial charge in [0, 0.05) is 32.7 Å². The van der Waals surface area contributed by atoms with Crippen LogP contribution in [-0.4, -0.2) is 54.7 Å². The first-order valence-corrected chi connectivity index (χ1v) is 6.67. The van der Waals surface area contributed by atoms with Crippen LogP contribution in [0.4, 0.5) is 11.4 Å². The molecule has 0 atom stereocenters. The standard InChI is InChI=1S/C13H23N5/c1-3-4-15-12-9-13(11-14-10-12)16-18-7-5-17(2)6-8-18/h9-11,15-16H,3-8H2,1-2H3. The first-order valence-electron chi connectivity index (χ1n) is 6.67. The molecule has 1 fully saturated rings. The average molecular weight is 249 g/mol. The number of hydrogen-bond donors (Lipinski definition) is 2. The summed E-state index contributed by atoms with van der Waals surface area (Å²) in [7, 11) is 2.16. The molecular formula is C13H23N5. The van der Waals surface area contributed by atoms with E-state index in [0.717, 1.165) is 50.5 Å². The number of pyridine rings is 1. The number of anilines is 2. The molecule has 0 unspecified atom stereocenters. The molecule has 1 saturated heterocycles. The van der Waals surface area contributed by atoms with E-state index in [-0.39, 0.29) is 0 Å². The number of hydrogen-bond acceptors (Lipinski definition) is 5. The number of piperazine rings is 1. The van der Waals surface area contributed by atoms with E-state index in [4.69, 9.17) is 0 Å². The largest absolute Gasteiger partial charge is 0.384 e. The third-order valence-corrected chi connectivity index (χ3v) is 3.11. The van der Waals surface area contributed by atoms with E-state index >= 15 is 0 Å². The van der Waals surface area contributed by atoms with Gasteiger partial charge in [-0.15, -0.1) is 0 Å². The smallest absolute Gasteiger partial charge is 0.0694 e. The monoisotopic (exact) mass is 249 g/mol. The normalized spacial score (nSPS) is 17.7. The number of nitrogens with one attached hydrogen (secondary N) is 2. The maximum atomic E-state index is 4.26. The van der Waals surface area contributed by atoms with Crippen molar-refractivity contribution >= 4 is 11.4 Å². The van der Waals surface area contributed by atoms with Gasteiger partial charge in [0.1, 0.15) is 0 Å². The van der Waals surface area contributed by atoms with Crippen molar-refractivity contribution in [3.8, 4) is 0 Å². The lowest BCUT2D eigenvalue weighted by Crippen LogP contribution is -2.46. The van der Waals surface area contributed by atoms with Crippen molar-refractivity contribution in [2.24, 2.45) is 0 Å². The van der Waals surface area contributed by atoms with E-state index in [1.54, 1.807) is 0 Å². The Hall–Kier alpha value is -1.33. The fourth-order valence-corrected chi connectivity index (χ4v) is 1.97. The van der Waals surface area contributed by atoms with Crippen LogP contribution in [0.25, 0.3) is 0 Å². The predicted octanol–water partition coefficient (Wildman–Crippen LogP) is 1.48. The van der Waals surface area contributed by atoms with Gasteiger partial charge in [-0.3, -0.25) is 4.98 Å². The van der Waals surface area contributed by atoms with Crippen LogP contribution in [0.5, 0.6) is 0 Å². The highest BCUT2D eigenvalue weighted by atomic mass is 15.5. The van der Waals surface area contributed by atoms with Crippen molar-refractivity contribution in [1.29, 1.82) is 0 Å². The van der Waals surface area contributed by atoms with Gasteiger partial charge in [-0.25, -0.2) is 5.01 Å². The molecule has 0 saturated carbocycles. The third-order valence-electron chi connectivity index (χ3n) is 3.11. The fraction of sp³-hybridized carbons (Fsp3) is 0.615. The Balaban J connectivity index is 1.88. The Morgan fingerprint density at radius 3 is 2.61 bits per heavy atom. The molecule has 1 aliphatic rings. The summed E-state index contributed by atoms with van der Waals surface area (Å²) in [6.07, 6.45) is 4.86. The minimum atomic E-state index is 0.986. The molecule has 0 aromatic carbocycles. The molecule has 100 valence electrons. The van der Waals surface area contributed by atoms with Gasteiger partial charge in [-0.05, 0) is 19.5 Å². The van der Waals surface area contributed by atoms with Crippen molar-refractivity contribution in [3.63, 3.8) is 0 Å². The van der Waals surface area contributed by atoms with Gasteiger partial charge in [0.05, 0.1) is 23.8 Å². The van der Waals surface area contributed by atoms with Crippen LogP contribution in [0, 0.1) is 0 Å². The zero-order valence-electron chi connectivity index (χ0n) is 11.3. The van der Waals surface area contributed by atoms with E-state index in [9.17, 15) is 0 Å². The average Bonchev–Trinajstić information content (AvgIpc) is 2.40. The molecule has 5 heteroatoms. The van der Waals surface area contributed by atoms with Crippen LogP contribution >= 0.6 is 0 Å². The first kappa shape index (κ1) is 13.1. The minimum Gasteiger partial charge on any atom is -0.384 e. The van der Waals surface area contributed by atoms with Crippen LogP contribution in [0.15, 0.2) is 18.5 Å². The number of rotatable bonds is 5. The summed E-state index contributed by atoms with van der Waals surface area (Å²) in [6, 6.07) is 2.11.